The van der Waals surface area contributed by atoms with Crippen molar-refractivity contribution in [1.82, 2.24) is 10.2 Å². The second-order valence-electron chi connectivity index (χ2n) is 3.24. The van der Waals surface area contributed by atoms with Crippen molar-refractivity contribution in [2.45, 2.75) is 12.8 Å². The van der Waals surface area contributed by atoms with Crippen molar-refractivity contribution < 1.29 is 4.79 Å². The zero-order valence-corrected chi connectivity index (χ0v) is 7.05. The van der Waals surface area contributed by atoms with Gasteiger partial charge in [-0.05, 0) is 31.8 Å². The summed E-state index contributed by atoms with van der Waals surface area (Å²) in [5.41, 5.74) is 0. The van der Waals surface area contributed by atoms with Gasteiger partial charge in [0.2, 0.25) is 6.41 Å². The molecule has 0 bridgehead atoms. The highest BCUT2D eigenvalue weighted by atomic mass is 16.1. The van der Waals surface area contributed by atoms with Crippen molar-refractivity contribution in [2.24, 2.45) is 5.92 Å². The number of carbonyl (C=O) groups is 1. The van der Waals surface area contributed by atoms with Crippen molar-refractivity contribution >= 4 is 6.41 Å². The smallest absolute Gasteiger partial charge is 0.209 e. The third-order valence-corrected chi connectivity index (χ3v) is 2.18. The minimum Gasteiger partial charge on any atom is -0.348 e. The molecule has 3 nitrogen and oxygen atoms in total. The molecule has 0 radical (unpaired) electrons. The van der Waals surface area contributed by atoms with Gasteiger partial charge in [0, 0.05) is 13.6 Å². The molecule has 1 fully saturated rings. The van der Waals surface area contributed by atoms with Gasteiger partial charge in [0.15, 0.2) is 0 Å². The molecule has 0 aromatic heterocycles. The quantitative estimate of drug-likeness (QED) is 0.587. The van der Waals surface area contributed by atoms with Crippen molar-refractivity contribution in [3.05, 3.63) is 0 Å². The van der Waals surface area contributed by atoms with Crippen LogP contribution in [-0.4, -0.2) is 38.0 Å². The lowest BCUT2D eigenvalue weighted by atomic mass is 9.98. The van der Waals surface area contributed by atoms with E-state index in [4.69, 9.17) is 0 Å². The zero-order chi connectivity index (χ0) is 8.10. The summed E-state index contributed by atoms with van der Waals surface area (Å²) in [6.45, 7) is 3.14. The first kappa shape index (κ1) is 8.53. The van der Waals surface area contributed by atoms with Gasteiger partial charge in [0.1, 0.15) is 0 Å². The van der Waals surface area contributed by atoms with E-state index in [9.17, 15) is 4.79 Å². The van der Waals surface area contributed by atoms with Gasteiger partial charge in [0.25, 0.3) is 0 Å². The molecule has 11 heavy (non-hydrogen) atoms. The van der Waals surface area contributed by atoms with Crippen LogP contribution in [0.1, 0.15) is 12.8 Å². The Morgan fingerprint density at radius 2 is 2.18 bits per heavy atom. The minimum atomic E-state index is 0.714. The SMILES string of the molecule is CN(C=O)CC1CCNCC1. The fourth-order valence-electron chi connectivity index (χ4n) is 1.51. The number of nitrogens with one attached hydrogen (secondary N) is 1. The highest BCUT2D eigenvalue weighted by Crippen LogP contribution is 2.11. The zero-order valence-electron chi connectivity index (χ0n) is 7.05. The van der Waals surface area contributed by atoms with Gasteiger partial charge in [-0.15, -0.1) is 0 Å². The molecule has 0 saturated carbocycles. The Balaban J connectivity index is 2.18. The summed E-state index contributed by atoms with van der Waals surface area (Å²) in [6.07, 6.45) is 3.32. The van der Waals surface area contributed by atoms with Gasteiger partial charge < -0.3 is 10.2 Å². The van der Waals surface area contributed by atoms with Gasteiger partial charge in [0.05, 0.1) is 0 Å². The Morgan fingerprint density at radius 1 is 1.55 bits per heavy atom. The van der Waals surface area contributed by atoms with Crippen molar-refractivity contribution in [3.63, 3.8) is 0 Å². The third kappa shape index (κ3) is 2.89. The van der Waals surface area contributed by atoms with Crippen LogP contribution in [0, 0.1) is 5.92 Å². The molecule has 1 aliphatic heterocycles. The Kier molecular flexibility index (Phi) is 3.36. The van der Waals surface area contributed by atoms with Crippen LogP contribution in [0.2, 0.25) is 0 Å². The van der Waals surface area contributed by atoms with E-state index < -0.39 is 0 Å². The molecule has 0 atom stereocenters. The maximum Gasteiger partial charge on any atom is 0.209 e. The number of hydrogen-bond acceptors (Lipinski definition) is 2. The first-order valence-electron chi connectivity index (χ1n) is 4.19. The Morgan fingerprint density at radius 3 is 2.73 bits per heavy atom. The van der Waals surface area contributed by atoms with Crippen LogP contribution in [-0.2, 0) is 4.79 Å². The van der Waals surface area contributed by atoms with Crippen molar-refractivity contribution in [2.75, 3.05) is 26.7 Å². The lowest BCUT2D eigenvalue weighted by Gasteiger charge is -2.25. The molecule has 1 N–H and O–H groups in total. The maximum atomic E-state index is 10.3. The molecule has 64 valence electrons. The van der Waals surface area contributed by atoms with Gasteiger partial charge in [-0.2, -0.15) is 0 Å². The molecule has 0 aromatic rings. The first-order chi connectivity index (χ1) is 5.33. The molecule has 0 spiro atoms. The van der Waals surface area contributed by atoms with E-state index in [0.29, 0.717) is 5.92 Å². The number of hydrogen-bond donors (Lipinski definition) is 1. The van der Waals surface area contributed by atoms with Gasteiger partial charge in [-0.25, -0.2) is 0 Å². The van der Waals surface area contributed by atoms with Crippen LogP contribution >= 0.6 is 0 Å². The topological polar surface area (TPSA) is 32.3 Å². The van der Waals surface area contributed by atoms with Crippen LogP contribution in [0.25, 0.3) is 0 Å². The van der Waals surface area contributed by atoms with Crippen LogP contribution in [0.3, 0.4) is 0 Å². The summed E-state index contributed by atoms with van der Waals surface area (Å²) < 4.78 is 0. The third-order valence-electron chi connectivity index (χ3n) is 2.18. The number of rotatable bonds is 3. The average molecular weight is 156 g/mol. The molecule has 0 aliphatic carbocycles. The lowest BCUT2D eigenvalue weighted by molar-refractivity contribution is -0.117. The molecule has 1 heterocycles. The van der Waals surface area contributed by atoms with Gasteiger partial charge in [-0.3, -0.25) is 4.79 Å². The summed E-state index contributed by atoms with van der Waals surface area (Å²) >= 11 is 0. The molecule has 1 saturated heterocycles. The normalized spacial score (nSPS) is 19.7. The van der Waals surface area contributed by atoms with Crippen molar-refractivity contribution in [3.8, 4) is 0 Å². The summed E-state index contributed by atoms with van der Waals surface area (Å²) in [7, 11) is 1.84. The molecular formula is C8H16N2O. The number of amides is 1. The molecule has 0 aromatic carbocycles. The summed E-state index contributed by atoms with van der Waals surface area (Å²) in [6, 6.07) is 0. The van der Waals surface area contributed by atoms with Crippen LogP contribution in [0.5, 0.6) is 0 Å². The van der Waals surface area contributed by atoms with Crippen molar-refractivity contribution in [1.29, 1.82) is 0 Å². The monoisotopic (exact) mass is 156 g/mol. The fourth-order valence-corrected chi connectivity index (χ4v) is 1.51. The second kappa shape index (κ2) is 4.34. The van der Waals surface area contributed by atoms with Crippen LogP contribution < -0.4 is 5.32 Å². The lowest BCUT2D eigenvalue weighted by Crippen LogP contribution is -2.34. The molecule has 0 unspecified atom stereocenters. The number of nitrogens with zero attached hydrogens (tertiary/aromatic N) is 1. The average Bonchev–Trinajstić information content (AvgIpc) is 2.06. The van der Waals surface area contributed by atoms with E-state index in [-0.39, 0.29) is 0 Å². The van der Waals surface area contributed by atoms with E-state index in [2.05, 4.69) is 5.32 Å². The molecule has 1 rings (SSSR count). The Hall–Kier alpha value is -0.570. The minimum absolute atomic E-state index is 0.714. The summed E-state index contributed by atoms with van der Waals surface area (Å²) in [4.78, 5) is 12.0. The molecular weight excluding hydrogens is 140 g/mol. The first-order valence-corrected chi connectivity index (χ1v) is 4.19. The molecule has 3 heteroatoms. The Labute approximate surface area is 67.8 Å². The van der Waals surface area contributed by atoms with Gasteiger partial charge in [-0.1, -0.05) is 0 Å². The predicted molar refractivity (Wildman–Crippen MR) is 44.3 cm³/mol. The van der Waals surface area contributed by atoms with Crippen LogP contribution in [0.15, 0.2) is 0 Å². The predicted octanol–water partition coefficient (Wildman–Crippen LogP) is 0.0742. The summed E-state index contributed by atoms with van der Waals surface area (Å²) in [5.74, 6) is 0.714. The highest BCUT2D eigenvalue weighted by molar-refractivity contribution is 5.46. The number of piperidine rings is 1. The summed E-state index contributed by atoms with van der Waals surface area (Å²) in [5, 5.41) is 3.30. The van der Waals surface area contributed by atoms with E-state index in [1.54, 1.807) is 4.90 Å². The van der Waals surface area contributed by atoms with E-state index in [1.165, 1.54) is 12.8 Å². The largest absolute Gasteiger partial charge is 0.348 e. The standard InChI is InChI=1S/C8H16N2O/c1-10(7-11)6-8-2-4-9-5-3-8/h7-9H,2-6H2,1H3. The second-order valence-corrected chi connectivity index (χ2v) is 3.24. The number of carbonyl (C=O) groups excluding carboxylic acids is 1. The van der Waals surface area contributed by atoms with E-state index in [0.717, 1.165) is 26.0 Å². The van der Waals surface area contributed by atoms with E-state index in [1.807, 2.05) is 7.05 Å². The van der Waals surface area contributed by atoms with E-state index >= 15 is 0 Å². The highest BCUT2D eigenvalue weighted by Gasteiger charge is 2.13. The molecule has 1 amide bonds. The van der Waals surface area contributed by atoms with Gasteiger partial charge >= 0.3 is 0 Å². The Bertz CT molecular complexity index is 121. The van der Waals surface area contributed by atoms with Crippen LogP contribution in [0.4, 0.5) is 0 Å². The maximum absolute atomic E-state index is 10.3. The fraction of sp³-hybridized carbons (Fsp3) is 0.875. The molecule has 1 aliphatic rings.